The Balaban J connectivity index is 2.21. The van der Waals surface area contributed by atoms with Gasteiger partial charge in [0.2, 0.25) is 0 Å². The molecular weight excluding hydrogens is 184 g/mol. The van der Waals surface area contributed by atoms with E-state index in [1.165, 1.54) is 0 Å². The van der Waals surface area contributed by atoms with E-state index < -0.39 is 0 Å². The fourth-order valence-electron chi connectivity index (χ4n) is 1.68. The Morgan fingerprint density at radius 1 is 1.46 bits per heavy atom. The van der Waals surface area contributed by atoms with E-state index in [9.17, 15) is 0 Å². The van der Waals surface area contributed by atoms with Crippen LogP contribution < -0.4 is 10.6 Å². The SMILES string of the molecule is CC1CN(c2ccc(N)cc2Cl)C1. The van der Waals surface area contributed by atoms with Gasteiger partial charge in [0.25, 0.3) is 0 Å². The van der Waals surface area contributed by atoms with Crippen LogP contribution in [0.4, 0.5) is 11.4 Å². The van der Waals surface area contributed by atoms with Gasteiger partial charge in [-0.25, -0.2) is 0 Å². The maximum Gasteiger partial charge on any atom is 0.0660 e. The number of hydrogen-bond acceptors (Lipinski definition) is 2. The van der Waals surface area contributed by atoms with Gasteiger partial charge in [0, 0.05) is 18.8 Å². The number of anilines is 2. The molecule has 0 bridgehead atoms. The average Bonchev–Trinajstić information content (AvgIpc) is 2.00. The zero-order valence-electron chi connectivity index (χ0n) is 7.63. The maximum atomic E-state index is 6.06. The van der Waals surface area contributed by atoms with E-state index in [-0.39, 0.29) is 0 Å². The minimum absolute atomic E-state index is 0.724. The quantitative estimate of drug-likeness (QED) is 0.699. The molecule has 0 aliphatic carbocycles. The van der Waals surface area contributed by atoms with E-state index in [0.717, 1.165) is 35.4 Å². The average molecular weight is 197 g/mol. The van der Waals surface area contributed by atoms with E-state index in [2.05, 4.69) is 11.8 Å². The summed E-state index contributed by atoms with van der Waals surface area (Å²) in [7, 11) is 0. The van der Waals surface area contributed by atoms with Crippen LogP contribution in [0.5, 0.6) is 0 Å². The summed E-state index contributed by atoms with van der Waals surface area (Å²) in [6.45, 7) is 4.44. The van der Waals surface area contributed by atoms with Crippen LogP contribution in [0, 0.1) is 5.92 Å². The van der Waals surface area contributed by atoms with Crippen molar-refractivity contribution in [1.29, 1.82) is 0 Å². The topological polar surface area (TPSA) is 29.3 Å². The molecule has 1 saturated heterocycles. The van der Waals surface area contributed by atoms with Gasteiger partial charge in [-0.3, -0.25) is 0 Å². The number of rotatable bonds is 1. The Hall–Kier alpha value is -0.890. The van der Waals surface area contributed by atoms with Gasteiger partial charge in [-0.1, -0.05) is 18.5 Å². The predicted octanol–water partition coefficient (Wildman–Crippen LogP) is 2.38. The van der Waals surface area contributed by atoms with Crippen LogP contribution in [-0.2, 0) is 0 Å². The van der Waals surface area contributed by atoms with E-state index >= 15 is 0 Å². The molecule has 1 aromatic rings. The van der Waals surface area contributed by atoms with Crippen LogP contribution in [0.15, 0.2) is 18.2 Å². The van der Waals surface area contributed by atoms with Crippen molar-refractivity contribution in [2.45, 2.75) is 6.92 Å². The van der Waals surface area contributed by atoms with Crippen molar-refractivity contribution < 1.29 is 0 Å². The highest BCUT2D eigenvalue weighted by molar-refractivity contribution is 6.33. The number of nitrogens with two attached hydrogens (primary N) is 1. The summed E-state index contributed by atoms with van der Waals surface area (Å²) in [5.74, 6) is 0.786. The van der Waals surface area contributed by atoms with Crippen molar-refractivity contribution in [3.05, 3.63) is 23.2 Å². The Bertz CT molecular complexity index is 319. The summed E-state index contributed by atoms with van der Waals surface area (Å²) in [5, 5.41) is 0.756. The predicted molar refractivity (Wildman–Crippen MR) is 57.2 cm³/mol. The number of hydrogen-bond donors (Lipinski definition) is 1. The highest BCUT2D eigenvalue weighted by atomic mass is 35.5. The van der Waals surface area contributed by atoms with Crippen molar-refractivity contribution in [1.82, 2.24) is 0 Å². The molecule has 13 heavy (non-hydrogen) atoms. The third kappa shape index (κ3) is 1.59. The summed E-state index contributed by atoms with van der Waals surface area (Å²) in [6.07, 6.45) is 0. The van der Waals surface area contributed by atoms with Crippen LogP contribution in [0.1, 0.15) is 6.92 Å². The second kappa shape index (κ2) is 3.11. The van der Waals surface area contributed by atoms with Gasteiger partial charge in [0.15, 0.2) is 0 Å². The molecule has 0 unspecified atom stereocenters. The summed E-state index contributed by atoms with van der Waals surface area (Å²) >= 11 is 6.06. The molecule has 3 heteroatoms. The highest BCUT2D eigenvalue weighted by Crippen LogP contribution is 2.32. The monoisotopic (exact) mass is 196 g/mol. The molecule has 1 heterocycles. The molecule has 1 aliphatic rings. The van der Waals surface area contributed by atoms with Crippen molar-refractivity contribution in [2.24, 2.45) is 5.92 Å². The molecule has 0 amide bonds. The van der Waals surface area contributed by atoms with Crippen molar-refractivity contribution in [3.8, 4) is 0 Å². The van der Waals surface area contributed by atoms with Crippen molar-refractivity contribution in [2.75, 3.05) is 23.7 Å². The van der Waals surface area contributed by atoms with Gasteiger partial charge < -0.3 is 10.6 Å². The third-order valence-electron chi connectivity index (χ3n) is 2.38. The molecule has 0 aromatic heterocycles. The molecule has 2 rings (SSSR count). The first kappa shape index (κ1) is 8.70. The molecule has 1 aliphatic heterocycles. The molecule has 2 N–H and O–H groups in total. The van der Waals surface area contributed by atoms with Gasteiger partial charge in [0.05, 0.1) is 10.7 Å². The molecule has 0 spiro atoms. The minimum atomic E-state index is 0.724. The Morgan fingerprint density at radius 3 is 2.69 bits per heavy atom. The van der Waals surface area contributed by atoms with Gasteiger partial charge in [-0.15, -0.1) is 0 Å². The van der Waals surface area contributed by atoms with Gasteiger partial charge in [0.1, 0.15) is 0 Å². The molecule has 1 aromatic carbocycles. The van der Waals surface area contributed by atoms with Gasteiger partial charge in [-0.05, 0) is 24.1 Å². The zero-order chi connectivity index (χ0) is 9.42. The summed E-state index contributed by atoms with van der Waals surface area (Å²) in [4.78, 5) is 2.27. The standard InChI is InChI=1S/C10H13ClN2/c1-7-5-13(6-7)10-3-2-8(12)4-9(10)11/h2-4,7H,5-6,12H2,1H3. The third-order valence-corrected chi connectivity index (χ3v) is 2.68. The second-order valence-electron chi connectivity index (χ2n) is 3.72. The van der Waals surface area contributed by atoms with E-state index in [1.807, 2.05) is 12.1 Å². The maximum absolute atomic E-state index is 6.06. The minimum Gasteiger partial charge on any atom is -0.399 e. The summed E-state index contributed by atoms with van der Waals surface area (Å²) in [5.41, 5.74) is 7.44. The van der Waals surface area contributed by atoms with Gasteiger partial charge in [-0.2, -0.15) is 0 Å². The molecular formula is C10H13ClN2. The lowest BCUT2D eigenvalue weighted by molar-refractivity contribution is 0.447. The second-order valence-corrected chi connectivity index (χ2v) is 4.13. The fourth-order valence-corrected chi connectivity index (χ4v) is 1.98. The highest BCUT2D eigenvalue weighted by Gasteiger charge is 2.23. The van der Waals surface area contributed by atoms with Crippen molar-refractivity contribution >= 4 is 23.0 Å². The first-order chi connectivity index (χ1) is 6.16. The Labute approximate surface area is 83.3 Å². The lowest BCUT2D eigenvalue weighted by Gasteiger charge is -2.39. The first-order valence-corrected chi connectivity index (χ1v) is 4.84. The van der Waals surface area contributed by atoms with Crippen LogP contribution >= 0.6 is 11.6 Å². The molecule has 70 valence electrons. The normalized spacial score (nSPS) is 17.2. The Morgan fingerprint density at radius 2 is 2.15 bits per heavy atom. The number of halogens is 1. The van der Waals surface area contributed by atoms with E-state index in [0.29, 0.717) is 0 Å². The first-order valence-electron chi connectivity index (χ1n) is 4.47. The van der Waals surface area contributed by atoms with Crippen molar-refractivity contribution in [3.63, 3.8) is 0 Å². The van der Waals surface area contributed by atoms with Gasteiger partial charge >= 0.3 is 0 Å². The molecule has 1 fully saturated rings. The van der Waals surface area contributed by atoms with Crippen LogP contribution in [0.2, 0.25) is 5.02 Å². The van der Waals surface area contributed by atoms with E-state index in [1.54, 1.807) is 6.07 Å². The molecule has 0 saturated carbocycles. The number of nitrogen functional groups attached to an aromatic ring is 1. The number of benzene rings is 1. The lowest BCUT2D eigenvalue weighted by Crippen LogP contribution is -2.45. The van der Waals surface area contributed by atoms with E-state index in [4.69, 9.17) is 17.3 Å². The smallest absolute Gasteiger partial charge is 0.0660 e. The summed E-state index contributed by atoms with van der Waals surface area (Å²) < 4.78 is 0. The van der Waals surface area contributed by atoms with Crippen LogP contribution in [0.3, 0.4) is 0 Å². The molecule has 0 radical (unpaired) electrons. The molecule has 2 nitrogen and oxygen atoms in total. The summed E-state index contributed by atoms with van der Waals surface area (Å²) in [6, 6.07) is 5.69. The fraction of sp³-hybridized carbons (Fsp3) is 0.400. The lowest BCUT2D eigenvalue weighted by atomic mass is 10.0. The van der Waals surface area contributed by atoms with Crippen LogP contribution in [-0.4, -0.2) is 13.1 Å². The molecule has 0 atom stereocenters. The van der Waals surface area contributed by atoms with Crippen LogP contribution in [0.25, 0.3) is 0 Å². The largest absolute Gasteiger partial charge is 0.399 e. The Kier molecular flexibility index (Phi) is 2.08. The number of nitrogens with zero attached hydrogens (tertiary/aromatic N) is 1. The zero-order valence-corrected chi connectivity index (χ0v) is 8.38.